The first-order chi connectivity index (χ1) is 10.2. The SMILES string of the molecule is CCNCc1cc(Cl)c(OCCc2ccsc2)c(OC)c1. The van der Waals surface area contributed by atoms with Gasteiger partial charge < -0.3 is 14.8 Å². The van der Waals surface area contributed by atoms with E-state index in [1.165, 1.54) is 5.56 Å². The molecule has 0 saturated carbocycles. The number of methoxy groups -OCH3 is 1. The molecule has 1 aromatic carbocycles. The largest absolute Gasteiger partial charge is 0.493 e. The highest BCUT2D eigenvalue weighted by Crippen LogP contribution is 2.36. The lowest BCUT2D eigenvalue weighted by molar-refractivity contribution is 0.297. The van der Waals surface area contributed by atoms with Gasteiger partial charge in [0.05, 0.1) is 18.7 Å². The molecule has 114 valence electrons. The van der Waals surface area contributed by atoms with Gasteiger partial charge in [-0.1, -0.05) is 18.5 Å². The lowest BCUT2D eigenvalue weighted by atomic mass is 10.2. The van der Waals surface area contributed by atoms with Gasteiger partial charge in [0, 0.05) is 13.0 Å². The molecule has 0 radical (unpaired) electrons. The highest BCUT2D eigenvalue weighted by Gasteiger charge is 2.12. The van der Waals surface area contributed by atoms with E-state index >= 15 is 0 Å². The molecule has 0 aliphatic heterocycles. The summed E-state index contributed by atoms with van der Waals surface area (Å²) in [6.07, 6.45) is 0.863. The summed E-state index contributed by atoms with van der Waals surface area (Å²) in [7, 11) is 1.63. The minimum Gasteiger partial charge on any atom is -0.493 e. The van der Waals surface area contributed by atoms with Crippen molar-refractivity contribution in [1.29, 1.82) is 0 Å². The van der Waals surface area contributed by atoms with E-state index in [1.807, 2.05) is 12.1 Å². The van der Waals surface area contributed by atoms with Crippen LogP contribution in [-0.2, 0) is 13.0 Å². The molecule has 1 heterocycles. The van der Waals surface area contributed by atoms with E-state index in [0.717, 1.165) is 25.1 Å². The van der Waals surface area contributed by atoms with Crippen LogP contribution in [0, 0.1) is 0 Å². The van der Waals surface area contributed by atoms with Crippen molar-refractivity contribution in [3.05, 3.63) is 45.1 Å². The highest BCUT2D eigenvalue weighted by molar-refractivity contribution is 7.07. The fourth-order valence-corrected chi connectivity index (χ4v) is 2.98. The fraction of sp³-hybridized carbons (Fsp3) is 0.375. The normalized spacial score (nSPS) is 10.6. The molecular weight excluding hydrogens is 306 g/mol. The molecule has 0 aliphatic rings. The molecule has 0 bridgehead atoms. The molecule has 2 aromatic rings. The van der Waals surface area contributed by atoms with Crippen molar-refractivity contribution in [3.8, 4) is 11.5 Å². The third-order valence-electron chi connectivity index (χ3n) is 3.09. The van der Waals surface area contributed by atoms with E-state index in [-0.39, 0.29) is 0 Å². The number of ether oxygens (including phenoxy) is 2. The lowest BCUT2D eigenvalue weighted by Crippen LogP contribution is -2.12. The molecule has 21 heavy (non-hydrogen) atoms. The average molecular weight is 326 g/mol. The Morgan fingerprint density at radius 1 is 1.29 bits per heavy atom. The van der Waals surface area contributed by atoms with Gasteiger partial charge in [-0.15, -0.1) is 0 Å². The van der Waals surface area contributed by atoms with Crippen LogP contribution in [0.1, 0.15) is 18.1 Å². The maximum absolute atomic E-state index is 6.32. The number of halogens is 1. The minimum absolute atomic E-state index is 0.583. The van der Waals surface area contributed by atoms with E-state index in [9.17, 15) is 0 Å². The van der Waals surface area contributed by atoms with Crippen molar-refractivity contribution in [3.63, 3.8) is 0 Å². The van der Waals surface area contributed by atoms with Gasteiger partial charge in [-0.2, -0.15) is 11.3 Å². The van der Waals surface area contributed by atoms with E-state index < -0.39 is 0 Å². The van der Waals surface area contributed by atoms with Crippen molar-refractivity contribution in [2.45, 2.75) is 19.9 Å². The third-order valence-corrected chi connectivity index (χ3v) is 4.10. The van der Waals surface area contributed by atoms with Gasteiger partial charge in [-0.05, 0) is 46.6 Å². The number of hydrogen-bond donors (Lipinski definition) is 1. The van der Waals surface area contributed by atoms with Crippen molar-refractivity contribution in [1.82, 2.24) is 5.32 Å². The lowest BCUT2D eigenvalue weighted by Gasteiger charge is -2.14. The second kappa shape index (κ2) is 8.27. The van der Waals surface area contributed by atoms with Crippen LogP contribution in [0.3, 0.4) is 0 Å². The summed E-state index contributed by atoms with van der Waals surface area (Å²) >= 11 is 8.02. The molecule has 0 amide bonds. The number of nitrogens with one attached hydrogen (secondary N) is 1. The van der Waals surface area contributed by atoms with Crippen LogP contribution in [0.25, 0.3) is 0 Å². The third kappa shape index (κ3) is 4.63. The van der Waals surface area contributed by atoms with Gasteiger partial charge in [-0.3, -0.25) is 0 Å². The van der Waals surface area contributed by atoms with Crippen LogP contribution in [0.15, 0.2) is 29.0 Å². The maximum Gasteiger partial charge on any atom is 0.179 e. The second-order valence-corrected chi connectivity index (χ2v) is 5.81. The first-order valence-electron chi connectivity index (χ1n) is 6.95. The smallest absolute Gasteiger partial charge is 0.179 e. The zero-order valence-corrected chi connectivity index (χ0v) is 13.9. The van der Waals surface area contributed by atoms with Crippen molar-refractivity contribution in [2.75, 3.05) is 20.3 Å². The van der Waals surface area contributed by atoms with Crippen LogP contribution in [0.4, 0.5) is 0 Å². The van der Waals surface area contributed by atoms with Gasteiger partial charge in [0.1, 0.15) is 0 Å². The minimum atomic E-state index is 0.583. The van der Waals surface area contributed by atoms with Crippen molar-refractivity contribution >= 4 is 22.9 Å². The average Bonchev–Trinajstić information content (AvgIpc) is 3.00. The molecule has 0 aliphatic carbocycles. The number of thiophene rings is 1. The number of benzene rings is 1. The van der Waals surface area contributed by atoms with Crippen LogP contribution >= 0.6 is 22.9 Å². The number of hydrogen-bond acceptors (Lipinski definition) is 4. The van der Waals surface area contributed by atoms with Crippen LogP contribution < -0.4 is 14.8 Å². The first kappa shape index (κ1) is 16.1. The van der Waals surface area contributed by atoms with Gasteiger partial charge >= 0.3 is 0 Å². The van der Waals surface area contributed by atoms with E-state index in [1.54, 1.807) is 18.4 Å². The molecule has 0 saturated heterocycles. The van der Waals surface area contributed by atoms with Gasteiger partial charge in [0.25, 0.3) is 0 Å². The Hall–Kier alpha value is -1.23. The predicted molar refractivity (Wildman–Crippen MR) is 88.9 cm³/mol. The Labute approximate surface area is 134 Å². The summed E-state index contributed by atoms with van der Waals surface area (Å²) < 4.78 is 11.2. The van der Waals surface area contributed by atoms with E-state index in [4.69, 9.17) is 21.1 Å². The fourth-order valence-electron chi connectivity index (χ4n) is 1.99. The standard InChI is InChI=1S/C16H20ClNO2S/c1-3-18-10-13-8-14(17)16(15(9-13)19-2)20-6-4-12-5-7-21-11-12/h5,7-9,11,18H,3-4,6,10H2,1-2H3. The molecule has 0 atom stereocenters. The summed E-state index contributed by atoms with van der Waals surface area (Å²) in [6.45, 7) is 4.33. The quantitative estimate of drug-likeness (QED) is 0.791. The molecule has 2 rings (SSSR count). The van der Waals surface area contributed by atoms with E-state index in [2.05, 4.69) is 29.1 Å². The van der Waals surface area contributed by atoms with Crippen LogP contribution in [0.5, 0.6) is 11.5 Å². The van der Waals surface area contributed by atoms with Gasteiger partial charge in [0.2, 0.25) is 0 Å². The molecule has 0 unspecified atom stereocenters. The van der Waals surface area contributed by atoms with Crippen molar-refractivity contribution in [2.24, 2.45) is 0 Å². The molecule has 1 N–H and O–H groups in total. The second-order valence-electron chi connectivity index (χ2n) is 4.62. The summed E-state index contributed by atoms with van der Waals surface area (Å²) in [5.74, 6) is 1.30. The van der Waals surface area contributed by atoms with Gasteiger partial charge in [-0.25, -0.2) is 0 Å². The first-order valence-corrected chi connectivity index (χ1v) is 8.27. The monoisotopic (exact) mass is 325 g/mol. The summed E-state index contributed by atoms with van der Waals surface area (Å²) in [6, 6.07) is 5.99. The Morgan fingerprint density at radius 3 is 2.81 bits per heavy atom. The zero-order chi connectivity index (χ0) is 15.1. The summed E-state index contributed by atoms with van der Waals surface area (Å²) in [5.41, 5.74) is 2.36. The predicted octanol–water partition coefficient (Wildman–Crippen LogP) is 4.14. The topological polar surface area (TPSA) is 30.5 Å². The Kier molecular flexibility index (Phi) is 6.36. The molecule has 0 fully saturated rings. The molecular formula is C16H20ClNO2S. The maximum atomic E-state index is 6.32. The summed E-state index contributed by atoms with van der Waals surface area (Å²) in [5, 5.41) is 8.06. The Balaban J connectivity index is 2.03. The van der Waals surface area contributed by atoms with E-state index in [0.29, 0.717) is 23.1 Å². The van der Waals surface area contributed by atoms with Crippen LogP contribution in [-0.4, -0.2) is 20.3 Å². The molecule has 5 heteroatoms. The highest BCUT2D eigenvalue weighted by atomic mass is 35.5. The molecule has 0 spiro atoms. The Morgan fingerprint density at radius 2 is 2.14 bits per heavy atom. The Bertz CT molecular complexity index is 558. The van der Waals surface area contributed by atoms with Crippen LogP contribution in [0.2, 0.25) is 5.02 Å². The molecule has 1 aromatic heterocycles. The van der Waals surface area contributed by atoms with Gasteiger partial charge in [0.15, 0.2) is 11.5 Å². The summed E-state index contributed by atoms with van der Waals surface area (Å²) in [4.78, 5) is 0. The zero-order valence-electron chi connectivity index (χ0n) is 12.3. The number of rotatable bonds is 8. The van der Waals surface area contributed by atoms with Crippen molar-refractivity contribution < 1.29 is 9.47 Å². The molecule has 3 nitrogen and oxygen atoms in total.